The van der Waals surface area contributed by atoms with Gasteiger partial charge in [-0.15, -0.1) is 0 Å². The number of aliphatic imine (C=N–C) groups is 1. The van der Waals surface area contributed by atoms with E-state index in [2.05, 4.69) is 4.99 Å². The summed E-state index contributed by atoms with van der Waals surface area (Å²) in [6.45, 7) is 1.53. The summed E-state index contributed by atoms with van der Waals surface area (Å²) in [6, 6.07) is 0. The molecule has 0 atom stereocenters. The van der Waals surface area contributed by atoms with Crippen LogP contribution in [0.4, 0.5) is 0 Å². The van der Waals surface area contributed by atoms with Gasteiger partial charge >= 0.3 is 6.08 Å². The number of ether oxygens (including phenoxy) is 2. The first kappa shape index (κ1) is 6.35. The molecular formula is C5H9NO3. The van der Waals surface area contributed by atoms with Gasteiger partial charge in [-0.3, -0.25) is 0 Å². The number of aliphatic hydroxyl groups is 1. The average Bonchev–Trinajstić information content (AvgIpc) is 2.34. The van der Waals surface area contributed by atoms with E-state index in [4.69, 9.17) is 14.6 Å². The van der Waals surface area contributed by atoms with Crippen LogP contribution in [0.2, 0.25) is 0 Å². The SMILES string of the molecule is OCCOC1=NCCO1. The Labute approximate surface area is 53.1 Å². The number of hydrogen-bond acceptors (Lipinski definition) is 4. The molecule has 1 N–H and O–H groups in total. The molecule has 1 heterocycles. The van der Waals surface area contributed by atoms with E-state index < -0.39 is 0 Å². The maximum absolute atomic E-state index is 8.29. The van der Waals surface area contributed by atoms with Gasteiger partial charge in [-0.1, -0.05) is 0 Å². The van der Waals surface area contributed by atoms with Crippen LogP contribution in [0, 0.1) is 0 Å². The number of hydrogen-bond donors (Lipinski definition) is 1. The monoisotopic (exact) mass is 131 g/mol. The van der Waals surface area contributed by atoms with Gasteiger partial charge in [0.15, 0.2) is 0 Å². The van der Waals surface area contributed by atoms with Crippen LogP contribution in [0.3, 0.4) is 0 Å². The van der Waals surface area contributed by atoms with Crippen LogP contribution < -0.4 is 0 Å². The number of aliphatic hydroxyl groups excluding tert-OH is 1. The molecule has 0 fully saturated rings. The topological polar surface area (TPSA) is 51.0 Å². The normalized spacial score (nSPS) is 16.8. The van der Waals surface area contributed by atoms with Gasteiger partial charge in [0.2, 0.25) is 0 Å². The Bertz CT molecular complexity index is 113. The molecule has 0 amide bonds. The average molecular weight is 131 g/mol. The maximum atomic E-state index is 8.29. The summed E-state index contributed by atoms with van der Waals surface area (Å²) in [7, 11) is 0. The van der Waals surface area contributed by atoms with E-state index >= 15 is 0 Å². The Morgan fingerprint density at radius 1 is 1.78 bits per heavy atom. The molecule has 9 heavy (non-hydrogen) atoms. The number of rotatable bonds is 2. The third kappa shape index (κ3) is 1.89. The van der Waals surface area contributed by atoms with Gasteiger partial charge in [-0.2, -0.15) is 0 Å². The molecule has 52 valence electrons. The van der Waals surface area contributed by atoms with Crippen LogP contribution in [0.15, 0.2) is 4.99 Å². The lowest BCUT2D eigenvalue weighted by Crippen LogP contribution is -2.08. The minimum Gasteiger partial charge on any atom is -0.449 e. The maximum Gasteiger partial charge on any atom is 0.383 e. The summed E-state index contributed by atoms with van der Waals surface area (Å²) < 4.78 is 9.70. The molecule has 1 aliphatic rings. The molecule has 0 radical (unpaired) electrons. The Morgan fingerprint density at radius 3 is 3.22 bits per heavy atom. The summed E-state index contributed by atoms with van der Waals surface area (Å²) >= 11 is 0. The summed E-state index contributed by atoms with van der Waals surface area (Å²) in [5, 5.41) is 8.29. The van der Waals surface area contributed by atoms with Gasteiger partial charge in [-0.25, -0.2) is 4.99 Å². The zero-order chi connectivity index (χ0) is 6.53. The van der Waals surface area contributed by atoms with E-state index in [0.29, 0.717) is 19.2 Å². The quantitative estimate of drug-likeness (QED) is 0.543. The zero-order valence-electron chi connectivity index (χ0n) is 5.04. The second-order valence-electron chi connectivity index (χ2n) is 1.57. The van der Waals surface area contributed by atoms with Crippen molar-refractivity contribution in [2.75, 3.05) is 26.4 Å². The van der Waals surface area contributed by atoms with Gasteiger partial charge in [-0.05, 0) is 0 Å². The highest BCUT2D eigenvalue weighted by molar-refractivity contribution is 5.68. The van der Waals surface area contributed by atoms with E-state index in [0.717, 1.165) is 0 Å². The molecule has 4 heteroatoms. The lowest BCUT2D eigenvalue weighted by molar-refractivity contribution is 0.145. The van der Waals surface area contributed by atoms with Crippen molar-refractivity contribution in [1.82, 2.24) is 0 Å². The molecule has 0 aromatic carbocycles. The van der Waals surface area contributed by atoms with Crippen molar-refractivity contribution in [2.45, 2.75) is 0 Å². The Kier molecular flexibility index (Phi) is 2.32. The molecule has 0 aromatic heterocycles. The molecule has 0 unspecified atom stereocenters. The van der Waals surface area contributed by atoms with Crippen LogP contribution in [0.5, 0.6) is 0 Å². The first-order chi connectivity index (χ1) is 4.43. The Balaban J connectivity index is 2.11. The molecule has 0 saturated carbocycles. The number of nitrogens with zero attached hydrogens (tertiary/aromatic N) is 1. The van der Waals surface area contributed by atoms with E-state index in [-0.39, 0.29) is 13.2 Å². The van der Waals surface area contributed by atoms with Gasteiger partial charge in [0.1, 0.15) is 13.2 Å². The van der Waals surface area contributed by atoms with Crippen molar-refractivity contribution in [2.24, 2.45) is 4.99 Å². The minimum absolute atomic E-state index is 0.00236. The van der Waals surface area contributed by atoms with Gasteiger partial charge in [0, 0.05) is 0 Å². The summed E-state index contributed by atoms with van der Waals surface area (Å²) in [4.78, 5) is 3.83. The van der Waals surface area contributed by atoms with Crippen LogP contribution in [-0.2, 0) is 9.47 Å². The highest BCUT2D eigenvalue weighted by Crippen LogP contribution is 1.94. The van der Waals surface area contributed by atoms with E-state index in [1.165, 1.54) is 0 Å². The van der Waals surface area contributed by atoms with Gasteiger partial charge < -0.3 is 14.6 Å². The van der Waals surface area contributed by atoms with Crippen molar-refractivity contribution < 1.29 is 14.6 Å². The third-order valence-corrected chi connectivity index (χ3v) is 0.875. The molecule has 0 aliphatic carbocycles. The molecule has 0 bridgehead atoms. The fraction of sp³-hybridized carbons (Fsp3) is 0.800. The van der Waals surface area contributed by atoms with Crippen LogP contribution in [0.1, 0.15) is 0 Å². The molecule has 1 aliphatic heterocycles. The largest absolute Gasteiger partial charge is 0.449 e. The molecule has 0 spiro atoms. The Hall–Kier alpha value is -0.770. The fourth-order valence-corrected chi connectivity index (χ4v) is 0.536. The zero-order valence-corrected chi connectivity index (χ0v) is 5.04. The smallest absolute Gasteiger partial charge is 0.383 e. The van der Waals surface area contributed by atoms with E-state index in [1.54, 1.807) is 0 Å². The summed E-state index contributed by atoms with van der Waals surface area (Å²) in [5.74, 6) is 0. The summed E-state index contributed by atoms with van der Waals surface area (Å²) in [6.07, 6.45) is 0.309. The lowest BCUT2D eigenvalue weighted by atomic mass is 10.8. The minimum atomic E-state index is 0.00236. The first-order valence-corrected chi connectivity index (χ1v) is 2.84. The highest BCUT2D eigenvalue weighted by atomic mass is 16.7. The first-order valence-electron chi connectivity index (χ1n) is 2.84. The van der Waals surface area contributed by atoms with Gasteiger partial charge in [0.25, 0.3) is 0 Å². The molecular weight excluding hydrogens is 122 g/mol. The summed E-state index contributed by atoms with van der Waals surface area (Å²) in [5.41, 5.74) is 0. The second-order valence-corrected chi connectivity index (χ2v) is 1.57. The van der Waals surface area contributed by atoms with Crippen LogP contribution in [-0.4, -0.2) is 37.6 Å². The predicted molar refractivity (Wildman–Crippen MR) is 31.3 cm³/mol. The highest BCUT2D eigenvalue weighted by Gasteiger charge is 2.06. The van der Waals surface area contributed by atoms with Crippen LogP contribution in [0.25, 0.3) is 0 Å². The molecule has 0 aromatic rings. The van der Waals surface area contributed by atoms with E-state index in [1.807, 2.05) is 0 Å². The predicted octanol–water partition coefficient (Wildman–Crippen LogP) is -0.619. The second kappa shape index (κ2) is 3.29. The molecule has 4 nitrogen and oxygen atoms in total. The molecule has 0 saturated heterocycles. The van der Waals surface area contributed by atoms with Crippen molar-refractivity contribution in [3.63, 3.8) is 0 Å². The Morgan fingerprint density at radius 2 is 2.67 bits per heavy atom. The van der Waals surface area contributed by atoms with Crippen molar-refractivity contribution >= 4 is 6.08 Å². The van der Waals surface area contributed by atoms with Gasteiger partial charge in [0.05, 0.1) is 13.2 Å². The molecule has 1 rings (SSSR count). The lowest BCUT2D eigenvalue weighted by Gasteiger charge is -2.00. The standard InChI is InChI=1S/C5H9NO3/c7-2-4-9-5-6-1-3-8-5/h7H,1-4H2. The van der Waals surface area contributed by atoms with E-state index in [9.17, 15) is 0 Å². The van der Waals surface area contributed by atoms with Crippen molar-refractivity contribution in [1.29, 1.82) is 0 Å². The third-order valence-electron chi connectivity index (χ3n) is 0.875. The fourth-order valence-electron chi connectivity index (χ4n) is 0.536. The van der Waals surface area contributed by atoms with Crippen molar-refractivity contribution in [3.05, 3.63) is 0 Å². The van der Waals surface area contributed by atoms with Crippen molar-refractivity contribution in [3.8, 4) is 0 Å². The van der Waals surface area contributed by atoms with Crippen LogP contribution >= 0.6 is 0 Å².